The zero-order valence-electron chi connectivity index (χ0n) is 7.36. The van der Waals surface area contributed by atoms with Gasteiger partial charge in [-0.25, -0.2) is 4.68 Å². The van der Waals surface area contributed by atoms with Crippen molar-refractivity contribution in [3.8, 4) is 0 Å². The van der Waals surface area contributed by atoms with Gasteiger partial charge in [-0.2, -0.15) is 5.10 Å². The molecule has 0 aliphatic carbocycles. The van der Waals surface area contributed by atoms with Gasteiger partial charge >= 0.3 is 0 Å². The predicted molar refractivity (Wildman–Crippen MR) is 50.3 cm³/mol. The van der Waals surface area contributed by atoms with E-state index in [4.69, 9.17) is 22.8 Å². The fourth-order valence-electron chi connectivity index (χ4n) is 1.60. The van der Waals surface area contributed by atoms with Gasteiger partial charge in [0.2, 0.25) is 4.77 Å². The number of nitrogens with two attached hydrogens (primary N) is 1. The lowest BCUT2D eigenvalue weighted by atomic mass is 10.1. The minimum absolute atomic E-state index is 0.271. The minimum atomic E-state index is 0.271. The molecule has 13 heavy (non-hydrogen) atoms. The van der Waals surface area contributed by atoms with Crippen molar-refractivity contribution in [2.75, 3.05) is 12.4 Å². The Morgan fingerprint density at radius 3 is 3.00 bits per heavy atom. The van der Waals surface area contributed by atoms with Crippen molar-refractivity contribution < 1.29 is 4.74 Å². The molecule has 0 radical (unpaired) electrons. The summed E-state index contributed by atoms with van der Waals surface area (Å²) in [6, 6.07) is 0. The van der Waals surface area contributed by atoms with E-state index in [1.54, 1.807) is 0 Å². The Balaban J connectivity index is 2.26. The van der Waals surface area contributed by atoms with Crippen LogP contribution in [0, 0.1) is 4.77 Å². The molecule has 1 aliphatic heterocycles. The largest absolute Gasteiger partial charge is 0.378 e. The summed E-state index contributed by atoms with van der Waals surface area (Å²) < 4.78 is 7.30. The summed E-state index contributed by atoms with van der Waals surface area (Å²) in [6.45, 7) is 2.72. The molecule has 2 rings (SSSR count). The lowest BCUT2D eigenvalue weighted by molar-refractivity contribution is 0.123. The molecule has 1 aliphatic rings. The molecular formula is C7H12N4OS. The number of ether oxygens (including phenoxy) is 1. The number of rotatable bonds is 1. The summed E-state index contributed by atoms with van der Waals surface area (Å²) in [7, 11) is 0. The fourth-order valence-corrected chi connectivity index (χ4v) is 1.74. The zero-order chi connectivity index (χ0) is 9.42. The van der Waals surface area contributed by atoms with Crippen LogP contribution in [0.25, 0.3) is 0 Å². The van der Waals surface area contributed by atoms with Gasteiger partial charge in [0.1, 0.15) is 0 Å². The first-order chi connectivity index (χ1) is 6.18. The van der Waals surface area contributed by atoms with E-state index in [1.165, 1.54) is 4.68 Å². The van der Waals surface area contributed by atoms with E-state index in [0.29, 0.717) is 11.4 Å². The first-order valence-corrected chi connectivity index (χ1v) is 4.63. The van der Waals surface area contributed by atoms with Crippen molar-refractivity contribution in [1.29, 1.82) is 0 Å². The van der Waals surface area contributed by atoms with Gasteiger partial charge in [-0.3, -0.25) is 5.10 Å². The van der Waals surface area contributed by atoms with E-state index < -0.39 is 0 Å². The quantitative estimate of drug-likeness (QED) is 0.513. The van der Waals surface area contributed by atoms with E-state index in [-0.39, 0.29) is 12.0 Å². The number of aromatic amines is 1. The Hall–Kier alpha value is -0.880. The van der Waals surface area contributed by atoms with Crippen molar-refractivity contribution in [3.63, 3.8) is 0 Å². The van der Waals surface area contributed by atoms with Gasteiger partial charge in [0.15, 0.2) is 5.82 Å². The lowest BCUT2D eigenvalue weighted by Gasteiger charge is -2.04. The minimum Gasteiger partial charge on any atom is -0.378 e. The lowest BCUT2D eigenvalue weighted by Crippen LogP contribution is -2.16. The monoisotopic (exact) mass is 200 g/mol. The van der Waals surface area contributed by atoms with Crippen molar-refractivity contribution in [1.82, 2.24) is 14.9 Å². The molecule has 1 aromatic rings. The summed E-state index contributed by atoms with van der Waals surface area (Å²) in [5.74, 6) is 6.75. The molecule has 0 amide bonds. The Labute approximate surface area is 80.9 Å². The Kier molecular flexibility index (Phi) is 2.09. The molecule has 3 N–H and O–H groups in total. The van der Waals surface area contributed by atoms with Gasteiger partial charge in [-0.1, -0.05) is 0 Å². The van der Waals surface area contributed by atoms with Crippen molar-refractivity contribution >= 4 is 12.2 Å². The molecule has 0 bridgehead atoms. The molecular weight excluding hydrogens is 188 g/mol. The third-order valence-electron chi connectivity index (χ3n) is 2.30. The molecule has 1 fully saturated rings. The standard InChI is InChI=1S/C7H12N4OS/c1-4-2-5(3-12-4)6-9-10-7(13)11(6)8/h4-5H,2-3,8H2,1H3,(H,10,13). The highest BCUT2D eigenvalue weighted by Gasteiger charge is 2.27. The number of hydrogen-bond acceptors (Lipinski definition) is 4. The summed E-state index contributed by atoms with van der Waals surface area (Å²) in [4.78, 5) is 0. The van der Waals surface area contributed by atoms with Gasteiger partial charge < -0.3 is 10.6 Å². The Bertz CT molecular complexity index is 358. The van der Waals surface area contributed by atoms with Crippen LogP contribution in [0.3, 0.4) is 0 Å². The number of hydrogen-bond donors (Lipinski definition) is 2. The number of nitrogens with zero attached hydrogens (tertiary/aromatic N) is 2. The van der Waals surface area contributed by atoms with Crippen LogP contribution in [0.15, 0.2) is 0 Å². The molecule has 6 heteroatoms. The molecule has 72 valence electrons. The number of H-pyrrole nitrogens is 1. The molecule has 0 aromatic carbocycles. The SMILES string of the molecule is CC1CC(c2n[nH]c(=S)n2N)CO1. The van der Waals surface area contributed by atoms with Gasteiger partial charge in [0.05, 0.1) is 12.7 Å². The zero-order valence-corrected chi connectivity index (χ0v) is 8.17. The average Bonchev–Trinajstić information content (AvgIpc) is 2.62. The fraction of sp³-hybridized carbons (Fsp3) is 0.714. The van der Waals surface area contributed by atoms with Crippen LogP contribution in [-0.2, 0) is 4.74 Å². The van der Waals surface area contributed by atoms with Crippen LogP contribution in [0.2, 0.25) is 0 Å². The van der Waals surface area contributed by atoms with E-state index >= 15 is 0 Å². The van der Waals surface area contributed by atoms with Crippen LogP contribution in [0.1, 0.15) is 25.1 Å². The smallest absolute Gasteiger partial charge is 0.214 e. The highest BCUT2D eigenvalue weighted by molar-refractivity contribution is 7.71. The molecule has 1 saturated heterocycles. The van der Waals surface area contributed by atoms with Gasteiger partial charge in [-0.05, 0) is 25.6 Å². The molecule has 5 nitrogen and oxygen atoms in total. The maximum Gasteiger partial charge on any atom is 0.214 e. The van der Waals surface area contributed by atoms with Crippen LogP contribution in [0.5, 0.6) is 0 Å². The van der Waals surface area contributed by atoms with E-state index in [1.807, 2.05) is 6.92 Å². The van der Waals surface area contributed by atoms with E-state index in [2.05, 4.69) is 10.2 Å². The van der Waals surface area contributed by atoms with Crippen LogP contribution >= 0.6 is 12.2 Å². The molecule has 2 heterocycles. The van der Waals surface area contributed by atoms with Crippen molar-refractivity contribution in [2.24, 2.45) is 0 Å². The Morgan fingerprint density at radius 1 is 1.77 bits per heavy atom. The summed E-state index contributed by atoms with van der Waals surface area (Å²) in [5, 5.41) is 6.74. The third-order valence-corrected chi connectivity index (χ3v) is 2.58. The molecule has 0 spiro atoms. The highest BCUT2D eigenvalue weighted by atomic mass is 32.1. The Morgan fingerprint density at radius 2 is 2.54 bits per heavy atom. The molecule has 1 aromatic heterocycles. The second-order valence-corrected chi connectivity index (χ2v) is 3.72. The van der Waals surface area contributed by atoms with Gasteiger partial charge in [-0.15, -0.1) is 0 Å². The maximum atomic E-state index is 5.69. The second-order valence-electron chi connectivity index (χ2n) is 3.33. The van der Waals surface area contributed by atoms with Gasteiger partial charge in [0.25, 0.3) is 0 Å². The van der Waals surface area contributed by atoms with E-state index in [0.717, 1.165) is 12.2 Å². The van der Waals surface area contributed by atoms with Crippen molar-refractivity contribution in [2.45, 2.75) is 25.4 Å². The molecule has 2 atom stereocenters. The number of nitrogens with one attached hydrogen (secondary N) is 1. The third kappa shape index (κ3) is 1.47. The highest BCUT2D eigenvalue weighted by Crippen LogP contribution is 2.26. The number of nitrogen functional groups attached to an aromatic ring is 1. The molecule has 2 unspecified atom stereocenters. The summed E-state index contributed by atoms with van der Waals surface area (Å²) in [5.41, 5.74) is 0. The summed E-state index contributed by atoms with van der Waals surface area (Å²) in [6.07, 6.45) is 1.24. The van der Waals surface area contributed by atoms with Gasteiger partial charge in [0, 0.05) is 5.92 Å². The topological polar surface area (TPSA) is 68.9 Å². The van der Waals surface area contributed by atoms with Crippen LogP contribution in [-0.4, -0.2) is 27.6 Å². The van der Waals surface area contributed by atoms with Crippen LogP contribution in [0.4, 0.5) is 0 Å². The summed E-state index contributed by atoms with van der Waals surface area (Å²) >= 11 is 4.92. The molecule has 0 saturated carbocycles. The normalized spacial score (nSPS) is 28.1. The number of aromatic nitrogens is 3. The van der Waals surface area contributed by atoms with Crippen LogP contribution < -0.4 is 5.84 Å². The first-order valence-electron chi connectivity index (χ1n) is 4.22. The first kappa shape index (κ1) is 8.71. The van der Waals surface area contributed by atoms with E-state index in [9.17, 15) is 0 Å². The maximum absolute atomic E-state index is 5.69. The predicted octanol–water partition coefficient (Wildman–Crippen LogP) is 0.547. The second kappa shape index (κ2) is 3.12. The van der Waals surface area contributed by atoms with Crippen molar-refractivity contribution in [3.05, 3.63) is 10.6 Å². The average molecular weight is 200 g/mol.